The van der Waals surface area contributed by atoms with Gasteiger partial charge >= 0.3 is 0 Å². The number of fused-ring (bicyclic) bond motifs is 9. The zero-order valence-corrected chi connectivity index (χ0v) is 30.0. The number of nitrogens with zero attached hydrogens (tertiary/aromatic N) is 3. The van der Waals surface area contributed by atoms with Gasteiger partial charge in [-0.05, 0) is 59.7 Å². The standard InChI is InChI=1S/C54H35N3/c1-3-17-36(18-4-1)39-25-15-26-40(37-19-5-2-6-20-37)54(39)57-48-29-13-9-23-43(48)44-34-33-38(35-52(44)57)55-49-30-14-10-24-45(49)53-50(55)31-16-32-51(53)56-46-27-11-7-21-41(46)42-22-8-12-28-47(42)56/h1-35H/i1D,2D,3D,4D,5D,6D,15D,17D,18D,19D,20D,25D,26D. The number of benzene rings is 9. The molecule has 0 unspecified atom stereocenters. The second-order valence-corrected chi connectivity index (χ2v) is 13.9. The lowest BCUT2D eigenvalue weighted by atomic mass is 9.95. The third-order valence-electron chi connectivity index (χ3n) is 11.0. The molecule has 0 N–H and O–H groups in total. The minimum Gasteiger partial charge on any atom is -0.309 e. The predicted octanol–water partition coefficient (Wildman–Crippen LogP) is 14.3. The van der Waals surface area contributed by atoms with Crippen LogP contribution in [0.5, 0.6) is 0 Å². The summed E-state index contributed by atoms with van der Waals surface area (Å²) in [5, 5.41) is 5.57. The molecule has 3 aromatic heterocycles. The Morgan fingerprint density at radius 3 is 1.39 bits per heavy atom. The largest absolute Gasteiger partial charge is 0.309 e. The van der Waals surface area contributed by atoms with E-state index in [0.717, 1.165) is 49.3 Å². The van der Waals surface area contributed by atoms with Crippen molar-refractivity contribution < 1.29 is 17.8 Å². The first kappa shape index (κ1) is 21.5. The van der Waals surface area contributed by atoms with Gasteiger partial charge in [0.1, 0.15) is 0 Å². The van der Waals surface area contributed by atoms with Gasteiger partial charge in [-0.2, -0.15) is 0 Å². The summed E-state index contributed by atoms with van der Waals surface area (Å²) in [5.41, 5.74) is 4.68. The maximum absolute atomic E-state index is 9.56. The number of rotatable bonds is 5. The maximum atomic E-state index is 9.56. The Kier molecular flexibility index (Phi) is 4.69. The van der Waals surface area contributed by atoms with Gasteiger partial charge in [-0.1, -0.05) is 163 Å². The summed E-state index contributed by atoms with van der Waals surface area (Å²) in [6, 6.07) is 35.1. The van der Waals surface area contributed by atoms with Gasteiger partial charge in [0, 0.05) is 49.1 Å². The average Bonchev–Trinajstić information content (AvgIpc) is 4.02. The third kappa shape index (κ3) is 4.66. The van der Waals surface area contributed by atoms with Crippen molar-refractivity contribution in [3.8, 4) is 39.3 Å². The van der Waals surface area contributed by atoms with E-state index < -0.39 is 89.7 Å². The van der Waals surface area contributed by atoms with Crippen LogP contribution in [-0.2, 0) is 0 Å². The van der Waals surface area contributed by atoms with E-state index >= 15 is 0 Å². The zero-order valence-electron chi connectivity index (χ0n) is 43.0. The molecule has 0 aliphatic carbocycles. The average molecular weight is 739 g/mol. The highest BCUT2D eigenvalue weighted by Crippen LogP contribution is 2.44. The Labute approximate surface area is 347 Å². The molecule has 0 aliphatic heterocycles. The number of hydrogen-bond donors (Lipinski definition) is 0. The quantitative estimate of drug-likeness (QED) is 0.167. The van der Waals surface area contributed by atoms with Crippen molar-refractivity contribution >= 4 is 65.4 Å². The van der Waals surface area contributed by atoms with Gasteiger partial charge in [0.15, 0.2) is 0 Å². The Morgan fingerprint density at radius 2 is 0.807 bits per heavy atom. The molecule has 0 fully saturated rings. The van der Waals surface area contributed by atoms with Gasteiger partial charge in [-0.15, -0.1) is 0 Å². The number of hydrogen-bond acceptors (Lipinski definition) is 0. The molecule has 0 spiro atoms. The fourth-order valence-electron chi connectivity index (χ4n) is 8.72. The number of aromatic nitrogens is 3. The van der Waals surface area contributed by atoms with E-state index in [0.29, 0.717) is 27.5 Å². The first-order chi connectivity index (χ1) is 33.7. The Morgan fingerprint density at radius 1 is 0.333 bits per heavy atom. The van der Waals surface area contributed by atoms with Gasteiger partial charge in [-0.25, -0.2) is 0 Å². The highest BCUT2D eigenvalue weighted by Gasteiger charge is 2.23. The monoisotopic (exact) mass is 738 g/mol. The summed E-state index contributed by atoms with van der Waals surface area (Å²) in [7, 11) is 0. The van der Waals surface area contributed by atoms with E-state index in [1.54, 1.807) is 16.7 Å². The molecular formula is C54H35N3. The highest BCUT2D eigenvalue weighted by atomic mass is 15.0. The van der Waals surface area contributed by atoms with Crippen molar-refractivity contribution in [2.45, 2.75) is 0 Å². The van der Waals surface area contributed by atoms with E-state index in [1.807, 2.05) is 78.9 Å². The first-order valence-electron chi connectivity index (χ1n) is 25.1. The Bertz CT molecular complexity index is 4090. The van der Waals surface area contributed by atoms with Gasteiger partial charge in [0.25, 0.3) is 0 Å². The Balaban J connectivity index is 1.25. The molecule has 12 aromatic rings. The first-order valence-corrected chi connectivity index (χ1v) is 18.6. The molecule has 0 saturated carbocycles. The molecule has 12 rings (SSSR count). The van der Waals surface area contributed by atoms with Crippen molar-refractivity contribution in [1.82, 2.24) is 13.7 Å². The minimum absolute atomic E-state index is 0.165. The molecule has 9 aromatic carbocycles. The predicted molar refractivity (Wildman–Crippen MR) is 240 cm³/mol. The zero-order chi connectivity index (χ0) is 48.8. The van der Waals surface area contributed by atoms with E-state index in [2.05, 4.69) is 51.6 Å². The van der Waals surface area contributed by atoms with Gasteiger partial charge < -0.3 is 13.7 Å². The molecule has 266 valence electrons. The lowest BCUT2D eigenvalue weighted by molar-refractivity contribution is 1.15. The van der Waals surface area contributed by atoms with E-state index in [9.17, 15) is 9.60 Å². The van der Waals surface area contributed by atoms with Gasteiger partial charge in [-0.3, -0.25) is 0 Å². The summed E-state index contributed by atoms with van der Waals surface area (Å²) >= 11 is 0. The minimum atomic E-state index is -0.738. The molecule has 3 heteroatoms. The van der Waals surface area contributed by atoms with Crippen LogP contribution in [0.4, 0.5) is 0 Å². The van der Waals surface area contributed by atoms with Crippen molar-refractivity contribution in [2.24, 2.45) is 0 Å². The van der Waals surface area contributed by atoms with Crippen molar-refractivity contribution in [2.75, 3.05) is 0 Å². The molecule has 0 bridgehead atoms. The van der Waals surface area contributed by atoms with Crippen LogP contribution < -0.4 is 0 Å². The van der Waals surface area contributed by atoms with E-state index in [4.69, 9.17) is 8.22 Å². The van der Waals surface area contributed by atoms with Gasteiger partial charge in [0.05, 0.1) is 62.3 Å². The van der Waals surface area contributed by atoms with Crippen LogP contribution in [-0.4, -0.2) is 13.7 Å². The molecule has 3 nitrogen and oxygen atoms in total. The SMILES string of the molecule is [2H]c1c([2H])c([2H])c(-c2c([2H])c([2H])c([2H])c(-c3c([2H])c([2H])c([2H])c([2H])c3[2H])c2-n2c3ccccc3c3ccc(-n4c5ccccc5c5c(-n6c7ccccc7c7ccccc76)cccc54)cc32)c([2H])c1[2H]. The molecule has 0 saturated heterocycles. The van der Waals surface area contributed by atoms with Gasteiger partial charge in [0.2, 0.25) is 0 Å². The second-order valence-electron chi connectivity index (χ2n) is 13.9. The van der Waals surface area contributed by atoms with Crippen LogP contribution >= 0.6 is 0 Å². The summed E-state index contributed by atoms with van der Waals surface area (Å²) in [4.78, 5) is 0. The Hall–Kier alpha value is -7.62. The van der Waals surface area contributed by atoms with Crippen LogP contribution in [0.25, 0.3) is 105 Å². The fourth-order valence-corrected chi connectivity index (χ4v) is 8.72. The van der Waals surface area contributed by atoms with Crippen LogP contribution in [0.3, 0.4) is 0 Å². The van der Waals surface area contributed by atoms with Crippen molar-refractivity contribution in [1.29, 1.82) is 0 Å². The third-order valence-corrected chi connectivity index (χ3v) is 11.0. The summed E-state index contributed by atoms with van der Waals surface area (Å²) < 4.78 is 123. The molecule has 0 aliphatic rings. The lowest BCUT2D eigenvalue weighted by Gasteiger charge is -2.19. The normalized spacial score (nSPS) is 15.1. The molecular weight excluding hydrogens is 691 g/mol. The maximum Gasteiger partial charge on any atom is 0.0630 e. The number of para-hydroxylation sites is 5. The summed E-state index contributed by atoms with van der Waals surface area (Å²) in [6.45, 7) is 0. The van der Waals surface area contributed by atoms with Crippen LogP contribution in [0, 0.1) is 0 Å². The molecule has 0 amide bonds. The fraction of sp³-hybridized carbons (Fsp3) is 0. The molecule has 57 heavy (non-hydrogen) atoms. The summed E-state index contributed by atoms with van der Waals surface area (Å²) in [6.07, 6.45) is 0. The molecule has 3 heterocycles. The van der Waals surface area contributed by atoms with Crippen LogP contribution in [0.1, 0.15) is 17.8 Å². The molecule has 0 atom stereocenters. The van der Waals surface area contributed by atoms with E-state index in [-0.39, 0.29) is 16.8 Å². The topological polar surface area (TPSA) is 14.8 Å². The van der Waals surface area contributed by atoms with Crippen LogP contribution in [0.15, 0.2) is 212 Å². The van der Waals surface area contributed by atoms with Crippen LogP contribution in [0.2, 0.25) is 0 Å². The van der Waals surface area contributed by atoms with E-state index in [1.165, 1.54) is 0 Å². The smallest absolute Gasteiger partial charge is 0.0630 e. The van der Waals surface area contributed by atoms with Crippen molar-refractivity contribution in [3.63, 3.8) is 0 Å². The summed E-state index contributed by atoms with van der Waals surface area (Å²) in [5.74, 6) is 0. The molecule has 0 radical (unpaired) electrons. The second kappa shape index (κ2) is 12.5. The van der Waals surface area contributed by atoms with Crippen molar-refractivity contribution in [3.05, 3.63) is 212 Å². The lowest BCUT2D eigenvalue weighted by Crippen LogP contribution is -2.01. The highest BCUT2D eigenvalue weighted by molar-refractivity contribution is 6.17.